The van der Waals surface area contributed by atoms with Crippen LogP contribution in [0.3, 0.4) is 0 Å². The van der Waals surface area contributed by atoms with E-state index in [1.54, 1.807) is 0 Å². The van der Waals surface area contributed by atoms with Crippen LogP contribution in [0.15, 0.2) is 54.6 Å². The Balaban J connectivity index is 1.66. The van der Waals surface area contributed by atoms with E-state index in [0.29, 0.717) is 5.69 Å². The monoisotopic (exact) mass is 346 g/mol. The normalized spacial score (nSPS) is 15.2. The van der Waals surface area contributed by atoms with Crippen molar-refractivity contribution in [1.82, 2.24) is 15.5 Å². The fraction of sp³-hybridized carbons (Fsp3) is 0.286. The summed E-state index contributed by atoms with van der Waals surface area (Å²) in [5, 5.41) is 13.6. The van der Waals surface area contributed by atoms with Crippen LogP contribution in [-0.2, 0) is 0 Å². The minimum Gasteiger partial charge on any atom is -0.355 e. The first kappa shape index (κ1) is 16.5. The van der Waals surface area contributed by atoms with Gasteiger partial charge < -0.3 is 10.2 Å². The van der Waals surface area contributed by atoms with E-state index in [4.69, 9.17) is 0 Å². The fourth-order valence-corrected chi connectivity index (χ4v) is 3.51. The summed E-state index contributed by atoms with van der Waals surface area (Å²) in [4.78, 5) is 15.1. The van der Waals surface area contributed by atoms with Gasteiger partial charge in [0.05, 0.1) is 6.04 Å². The fourth-order valence-electron chi connectivity index (χ4n) is 3.51. The SMILES string of the molecule is CC(NC(=O)c1nnc(N2CCCC2)c2ccccc12)c1ccccc1. The lowest BCUT2D eigenvalue weighted by atomic mass is 10.1. The largest absolute Gasteiger partial charge is 0.355 e. The van der Waals surface area contributed by atoms with Gasteiger partial charge in [0.15, 0.2) is 11.5 Å². The van der Waals surface area contributed by atoms with E-state index in [-0.39, 0.29) is 11.9 Å². The van der Waals surface area contributed by atoms with Crippen LogP contribution in [0.25, 0.3) is 10.8 Å². The number of carbonyl (C=O) groups is 1. The van der Waals surface area contributed by atoms with Gasteiger partial charge in [-0.05, 0) is 25.3 Å². The molecule has 1 fully saturated rings. The van der Waals surface area contributed by atoms with E-state index < -0.39 is 0 Å². The molecule has 1 saturated heterocycles. The van der Waals surface area contributed by atoms with Gasteiger partial charge in [0.25, 0.3) is 5.91 Å². The standard InChI is InChI=1S/C21H22N4O/c1-15(16-9-3-2-4-10-16)22-21(26)19-17-11-5-6-12-18(17)20(24-23-19)25-13-7-8-14-25/h2-6,9-12,15H,7-8,13-14H2,1H3,(H,22,26). The van der Waals surface area contributed by atoms with Gasteiger partial charge in [0.2, 0.25) is 0 Å². The lowest BCUT2D eigenvalue weighted by molar-refractivity contribution is 0.0936. The van der Waals surface area contributed by atoms with E-state index >= 15 is 0 Å². The predicted octanol–water partition coefficient (Wildman–Crippen LogP) is 3.72. The van der Waals surface area contributed by atoms with Crippen LogP contribution >= 0.6 is 0 Å². The highest BCUT2D eigenvalue weighted by Crippen LogP contribution is 2.28. The summed E-state index contributed by atoms with van der Waals surface area (Å²) in [6.07, 6.45) is 2.35. The van der Waals surface area contributed by atoms with E-state index in [9.17, 15) is 4.79 Å². The minimum atomic E-state index is -0.196. The maximum atomic E-state index is 12.8. The summed E-state index contributed by atoms with van der Waals surface area (Å²) in [5.41, 5.74) is 1.44. The molecule has 0 radical (unpaired) electrons. The maximum Gasteiger partial charge on any atom is 0.272 e. The van der Waals surface area contributed by atoms with Crippen LogP contribution in [0.2, 0.25) is 0 Å². The van der Waals surface area contributed by atoms with Gasteiger partial charge in [0.1, 0.15) is 0 Å². The number of aromatic nitrogens is 2. The van der Waals surface area contributed by atoms with Gasteiger partial charge in [0, 0.05) is 23.9 Å². The van der Waals surface area contributed by atoms with Crippen LogP contribution in [0.4, 0.5) is 5.82 Å². The van der Waals surface area contributed by atoms with Crippen LogP contribution in [0, 0.1) is 0 Å². The van der Waals surface area contributed by atoms with Crippen LogP contribution in [0.1, 0.15) is 41.9 Å². The first-order chi connectivity index (χ1) is 12.7. The Kier molecular flexibility index (Phi) is 4.52. The summed E-state index contributed by atoms with van der Waals surface area (Å²) >= 11 is 0. The number of fused-ring (bicyclic) bond motifs is 1. The molecule has 0 saturated carbocycles. The van der Waals surface area contributed by atoms with Crippen molar-refractivity contribution >= 4 is 22.5 Å². The number of nitrogens with one attached hydrogen (secondary N) is 1. The summed E-state index contributed by atoms with van der Waals surface area (Å²) in [6, 6.07) is 17.7. The van der Waals surface area contributed by atoms with Crippen molar-refractivity contribution in [3.8, 4) is 0 Å². The topological polar surface area (TPSA) is 58.1 Å². The molecule has 3 aromatic rings. The molecule has 1 aromatic heterocycles. The number of anilines is 1. The molecule has 1 aliphatic rings. The molecule has 2 heterocycles. The van der Waals surface area contributed by atoms with E-state index in [1.165, 1.54) is 12.8 Å². The first-order valence-corrected chi connectivity index (χ1v) is 9.10. The molecule has 26 heavy (non-hydrogen) atoms. The number of hydrogen-bond acceptors (Lipinski definition) is 4. The predicted molar refractivity (Wildman–Crippen MR) is 103 cm³/mol. The second-order valence-corrected chi connectivity index (χ2v) is 6.72. The van der Waals surface area contributed by atoms with Crippen molar-refractivity contribution in [2.75, 3.05) is 18.0 Å². The Morgan fingerprint density at radius 3 is 2.35 bits per heavy atom. The molecule has 5 heteroatoms. The van der Waals surface area contributed by atoms with Crippen molar-refractivity contribution in [3.63, 3.8) is 0 Å². The van der Waals surface area contributed by atoms with Gasteiger partial charge in [-0.1, -0.05) is 54.6 Å². The highest BCUT2D eigenvalue weighted by atomic mass is 16.2. The number of nitrogens with zero attached hydrogens (tertiary/aromatic N) is 3. The minimum absolute atomic E-state index is 0.0949. The quantitative estimate of drug-likeness (QED) is 0.782. The summed E-state index contributed by atoms with van der Waals surface area (Å²) in [5.74, 6) is 0.684. The molecule has 1 amide bonds. The molecular weight excluding hydrogens is 324 g/mol. The molecule has 1 N–H and O–H groups in total. The van der Waals surface area contributed by atoms with Crippen molar-refractivity contribution in [2.45, 2.75) is 25.8 Å². The zero-order valence-electron chi connectivity index (χ0n) is 14.9. The lowest BCUT2D eigenvalue weighted by Gasteiger charge is -2.19. The molecule has 1 atom stereocenters. The first-order valence-electron chi connectivity index (χ1n) is 9.10. The number of carbonyl (C=O) groups excluding carboxylic acids is 1. The zero-order chi connectivity index (χ0) is 17.9. The summed E-state index contributed by atoms with van der Waals surface area (Å²) in [6.45, 7) is 3.96. The third-order valence-corrected chi connectivity index (χ3v) is 4.94. The molecule has 0 bridgehead atoms. The number of hydrogen-bond donors (Lipinski definition) is 1. The molecule has 4 rings (SSSR count). The molecular formula is C21H22N4O. The Labute approximate surface area is 153 Å². The molecule has 1 aliphatic heterocycles. The lowest BCUT2D eigenvalue weighted by Crippen LogP contribution is -2.28. The highest BCUT2D eigenvalue weighted by molar-refractivity contribution is 6.07. The number of benzene rings is 2. The van der Waals surface area contributed by atoms with E-state index in [0.717, 1.165) is 35.2 Å². The molecule has 132 valence electrons. The third kappa shape index (κ3) is 3.12. The molecule has 5 nitrogen and oxygen atoms in total. The van der Waals surface area contributed by atoms with Crippen molar-refractivity contribution < 1.29 is 4.79 Å². The smallest absolute Gasteiger partial charge is 0.272 e. The van der Waals surface area contributed by atoms with Crippen molar-refractivity contribution in [2.24, 2.45) is 0 Å². The van der Waals surface area contributed by atoms with E-state index in [2.05, 4.69) is 20.4 Å². The third-order valence-electron chi connectivity index (χ3n) is 4.94. The molecule has 1 unspecified atom stereocenters. The summed E-state index contributed by atoms with van der Waals surface area (Å²) < 4.78 is 0. The average Bonchev–Trinajstić information content (AvgIpc) is 3.22. The maximum absolute atomic E-state index is 12.8. The second-order valence-electron chi connectivity index (χ2n) is 6.72. The van der Waals surface area contributed by atoms with Crippen LogP contribution in [0.5, 0.6) is 0 Å². The van der Waals surface area contributed by atoms with E-state index in [1.807, 2.05) is 61.5 Å². The Bertz CT molecular complexity index is 920. The van der Waals surface area contributed by atoms with Crippen molar-refractivity contribution in [3.05, 3.63) is 65.9 Å². The Morgan fingerprint density at radius 2 is 1.62 bits per heavy atom. The van der Waals surface area contributed by atoms with Gasteiger partial charge in [-0.2, -0.15) is 0 Å². The van der Waals surface area contributed by atoms with Gasteiger partial charge >= 0.3 is 0 Å². The Morgan fingerprint density at radius 1 is 0.962 bits per heavy atom. The second kappa shape index (κ2) is 7.12. The van der Waals surface area contributed by atoms with Gasteiger partial charge in [-0.15, -0.1) is 10.2 Å². The van der Waals surface area contributed by atoms with Crippen LogP contribution < -0.4 is 10.2 Å². The highest BCUT2D eigenvalue weighted by Gasteiger charge is 2.21. The molecule has 2 aromatic carbocycles. The number of rotatable bonds is 4. The summed E-state index contributed by atoms with van der Waals surface area (Å²) in [7, 11) is 0. The number of amides is 1. The average molecular weight is 346 g/mol. The zero-order valence-corrected chi connectivity index (χ0v) is 14.9. The molecule has 0 spiro atoms. The van der Waals surface area contributed by atoms with Crippen molar-refractivity contribution in [1.29, 1.82) is 0 Å². The van der Waals surface area contributed by atoms with Gasteiger partial charge in [-0.3, -0.25) is 4.79 Å². The van der Waals surface area contributed by atoms with Gasteiger partial charge in [-0.25, -0.2) is 0 Å². The molecule has 0 aliphatic carbocycles. The Hall–Kier alpha value is -2.95. The van der Waals surface area contributed by atoms with Crippen LogP contribution in [-0.4, -0.2) is 29.2 Å².